The van der Waals surface area contributed by atoms with Crippen molar-refractivity contribution in [3.8, 4) is 0 Å². The van der Waals surface area contributed by atoms with Gasteiger partial charge in [-0.2, -0.15) is 0 Å². The first-order valence-corrected chi connectivity index (χ1v) is 7.18. The Morgan fingerprint density at radius 1 is 1.37 bits per heavy atom. The Bertz CT molecular complexity index is 468. The molecule has 3 heterocycles. The van der Waals surface area contributed by atoms with Gasteiger partial charge in [0.2, 0.25) is 0 Å². The second-order valence-corrected chi connectivity index (χ2v) is 5.70. The SMILES string of the molecule is CN1CCCC(Nc2nnc(Cl)c3c2COCC3)C1. The van der Waals surface area contributed by atoms with E-state index in [-0.39, 0.29) is 0 Å². The fraction of sp³-hybridized carbons (Fsp3) is 0.692. The van der Waals surface area contributed by atoms with Gasteiger partial charge in [0.05, 0.1) is 13.2 Å². The number of hydrogen-bond donors (Lipinski definition) is 1. The van der Waals surface area contributed by atoms with Crippen molar-refractivity contribution in [3.63, 3.8) is 0 Å². The van der Waals surface area contributed by atoms with Crippen molar-refractivity contribution < 1.29 is 4.74 Å². The number of piperidine rings is 1. The summed E-state index contributed by atoms with van der Waals surface area (Å²) < 4.78 is 5.53. The van der Waals surface area contributed by atoms with Crippen molar-refractivity contribution in [1.29, 1.82) is 0 Å². The summed E-state index contributed by atoms with van der Waals surface area (Å²) in [6.07, 6.45) is 3.21. The second-order valence-electron chi connectivity index (χ2n) is 5.34. The average Bonchev–Trinajstić information content (AvgIpc) is 2.42. The summed E-state index contributed by atoms with van der Waals surface area (Å²) in [7, 11) is 2.15. The molecule has 1 saturated heterocycles. The molecule has 19 heavy (non-hydrogen) atoms. The maximum absolute atomic E-state index is 6.11. The Morgan fingerprint density at radius 3 is 3.11 bits per heavy atom. The van der Waals surface area contributed by atoms with Gasteiger partial charge in [0.15, 0.2) is 11.0 Å². The highest BCUT2D eigenvalue weighted by molar-refractivity contribution is 6.30. The molecule has 2 aliphatic heterocycles. The lowest BCUT2D eigenvalue weighted by atomic mass is 10.0. The van der Waals surface area contributed by atoms with Gasteiger partial charge in [-0.15, -0.1) is 10.2 Å². The van der Waals surface area contributed by atoms with Crippen LogP contribution in [0.4, 0.5) is 5.82 Å². The number of rotatable bonds is 2. The number of nitrogens with one attached hydrogen (secondary N) is 1. The molecule has 0 saturated carbocycles. The Balaban J connectivity index is 1.81. The number of likely N-dealkylation sites (N-methyl/N-ethyl adjacent to an activating group) is 1. The number of hydrogen-bond acceptors (Lipinski definition) is 5. The number of aromatic nitrogens is 2. The normalized spacial score (nSPS) is 24.0. The summed E-state index contributed by atoms with van der Waals surface area (Å²) in [6, 6.07) is 0.431. The summed E-state index contributed by atoms with van der Waals surface area (Å²) in [6.45, 7) is 3.51. The van der Waals surface area contributed by atoms with E-state index in [0.717, 1.165) is 29.9 Å². The maximum atomic E-state index is 6.11. The van der Waals surface area contributed by atoms with E-state index in [9.17, 15) is 0 Å². The molecule has 0 aromatic carbocycles. The first-order valence-electron chi connectivity index (χ1n) is 6.81. The minimum Gasteiger partial charge on any atom is -0.376 e. The van der Waals surface area contributed by atoms with Gasteiger partial charge in [-0.1, -0.05) is 11.6 Å². The fourth-order valence-electron chi connectivity index (χ4n) is 2.83. The van der Waals surface area contributed by atoms with E-state index < -0.39 is 0 Å². The molecule has 0 bridgehead atoms. The summed E-state index contributed by atoms with van der Waals surface area (Å²) in [5.74, 6) is 0.847. The Labute approximate surface area is 118 Å². The van der Waals surface area contributed by atoms with E-state index in [4.69, 9.17) is 16.3 Å². The highest BCUT2D eigenvalue weighted by Gasteiger charge is 2.23. The van der Waals surface area contributed by atoms with Crippen LogP contribution in [-0.4, -0.2) is 47.9 Å². The van der Waals surface area contributed by atoms with E-state index in [1.807, 2.05) is 0 Å². The van der Waals surface area contributed by atoms with Crippen molar-refractivity contribution in [1.82, 2.24) is 15.1 Å². The summed E-state index contributed by atoms with van der Waals surface area (Å²) in [5.41, 5.74) is 2.18. The molecule has 6 heteroatoms. The molecular formula is C13H19ClN4O. The molecule has 5 nitrogen and oxygen atoms in total. The average molecular weight is 283 g/mol. The van der Waals surface area contributed by atoms with Crippen LogP contribution in [0.2, 0.25) is 5.15 Å². The van der Waals surface area contributed by atoms with Crippen LogP contribution in [-0.2, 0) is 17.8 Å². The third kappa shape index (κ3) is 2.83. The number of ether oxygens (including phenoxy) is 1. The van der Waals surface area contributed by atoms with Gasteiger partial charge >= 0.3 is 0 Å². The number of nitrogens with zero attached hydrogens (tertiary/aromatic N) is 3. The first-order chi connectivity index (χ1) is 9.24. The predicted molar refractivity (Wildman–Crippen MR) is 74.5 cm³/mol. The molecule has 1 unspecified atom stereocenters. The number of fused-ring (bicyclic) bond motifs is 1. The molecule has 0 spiro atoms. The first kappa shape index (κ1) is 13.1. The molecule has 1 fully saturated rings. The minimum absolute atomic E-state index is 0.431. The van der Waals surface area contributed by atoms with E-state index >= 15 is 0 Å². The van der Waals surface area contributed by atoms with Crippen molar-refractivity contribution in [3.05, 3.63) is 16.3 Å². The Hall–Kier alpha value is -0.910. The van der Waals surface area contributed by atoms with E-state index in [0.29, 0.717) is 24.4 Å². The van der Waals surface area contributed by atoms with Crippen LogP contribution in [0.15, 0.2) is 0 Å². The predicted octanol–water partition coefficient (Wildman–Crippen LogP) is 1.71. The van der Waals surface area contributed by atoms with Crippen LogP contribution in [0.5, 0.6) is 0 Å². The van der Waals surface area contributed by atoms with Crippen LogP contribution in [0.1, 0.15) is 24.0 Å². The zero-order valence-corrected chi connectivity index (χ0v) is 11.9. The quantitative estimate of drug-likeness (QED) is 0.895. The summed E-state index contributed by atoms with van der Waals surface area (Å²) >= 11 is 6.11. The number of anilines is 1. The molecule has 1 aromatic heterocycles. The van der Waals surface area contributed by atoms with Crippen molar-refractivity contribution in [2.75, 3.05) is 32.1 Å². The lowest BCUT2D eigenvalue weighted by Crippen LogP contribution is -2.40. The van der Waals surface area contributed by atoms with Crippen molar-refractivity contribution in [2.24, 2.45) is 0 Å². The topological polar surface area (TPSA) is 50.3 Å². The number of halogens is 1. The van der Waals surface area contributed by atoms with Gasteiger partial charge in [0.25, 0.3) is 0 Å². The largest absolute Gasteiger partial charge is 0.376 e. The number of likely N-dealkylation sites (tertiary alicyclic amines) is 1. The highest BCUT2D eigenvalue weighted by atomic mass is 35.5. The summed E-state index contributed by atoms with van der Waals surface area (Å²) in [4.78, 5) is 2.34. The van der Waals surface area contributed by atoms with Gasteiger partial charge in [0, 0.05) is 23.7 Å². The van der Waals surface area contributed by atoms with Crippen molar-refractivity contribution in [2.45, 2.75) is 31.9 Å². The van der Waals surface area contributed by atoms with Crippen molar-refractivity contribution >= 4 is 17.4 Å². The zero-order chi connectivity index (χ0) is 13.2. The lowest BCUT2D eigenvalue weighted by Gasteiger charge is -2.31. The van der Waals surface area contributed by atoms with Crippen LogP contribution < -0.4 is 5.32 Å². The van der Waals surface area contributed by atoms with Crippen LogP contribution in [0.25, 0.3) is 0 Å². The molecule has 2 aliphatic rings. The fourth-order valence-corrected chi connectivity index (χ4v) is 3.08. The van der Waals surface area contributed by atoms with Gasteiger partial charge in [0.1, 0.15) is 0 Å². The zero-order valence-electron chi connectivity index (χ0n) is 11.2. The molecular weight excluding hydrogens is 264 g/mol. The molecule has 0 aliphatic carbocycles. The smallest absolute Gasteiger partial charge is 0.155 e. The lowest BCUT2D eigenvalue weighted by molar-refractivity contribution is 0.110. The highest BCUT2D eigenvalue weighted by Crippen LogP contribution is 2.28. The van der Waals surface area contributed by atoms with Crippen LogP contribution in [0.3, 0.4) is 0 Å². The third-order valence-corrected chi connectivity index (χ3v) is 4.15. The van der Waals surface area contributed by atoms with Gasteiger partial charge in [-0.25, -0.2) is 0 Å². The van der Waals surface area contributed by atoms with Gasteiger partial charge < -0.3 is 15.0 Å². The maximum Gasteiger partial charge on any atom is 0.155 e. The monoisotopic (exact) mass is 282 g/mol. The molecule has 0 radical (unpaired) electrons. The van der Waals surface area contributed by atoms with Crippen LogP contribution >= 0.6 is 11.6 Å². The standard InChI is InChI=1S/C13H19ClN4O/c1-18-5-2-3-9(7-18)15-13-11-8-19-6-4-10(11)12(14)16-17-13/h9H,2-8H2,1H3,(H,15,17). The molecule has 1 aromatic rings. The van der Waals surface area contributed by atoms with Gasteiger partial charge in [-0.05, 0) is 32.9 Å². The van der Waals surface area contributed by atoms with Crippen LogP contribution in [0, 0.1) is 0 Å². The molecule has 1 N–H and O–H groups in total. The molecule has 0 amide bonds. The summed E-state index contributed by atoms with van der Waals surface area (Å²) in [5, 5.41) is 12.3. The molecule has 1 atom stereocenters. The Morgan fingerprint density at radius 2 is 2.26 bits per heavy atom. The minimum atomic E-state index is 0.431. The Kier molecular flexibility index (Phi) is 3.86. The molecule has 3 rings (SSSR count). The van der Waals surface area contributed by atoms with E-state index in [1.165, 1.54) is 19.4 Å². The molecule has 104 valence electrons. The van der Waals surface area contributed by atoms with E-state index in [2.05, 4.69) is 27.5 Å². The third-order valence-electron chi connectivity index (χ3n) is 3.85. The van der Waals surface area contributed by atoms with E-state index in [1.54, 1.807) is 0 Å². The van der Waals surface area contributed by atoms with Gasteiger partial charge in [-0.3, -0.25) is 0 Å². The second kappa shape index (κ2) is 5.61.